The minimum Gasteiger partial charge on any atom is -0.316 e. The maximum Gasteiger partial charge on any atom is 0.251 e. The van der Waals surface area contributed by atoms with E-state index >= 15 is 0 Å². The summed E-state index contributed by atoms with van der Waals surface area (Å²) in [6.07, 6.45) is 1.53. The highest BCUT2D eigenvalue weighted by atomic mass is 127. The Hall–Kier alpha value is -0.610. The Kier molecular flexibility index (Phi) is 5.79. The van der Waals surface area contributed by atoms with Crippen molar-refractivity contribution in [2.45, 2.75) is 38.0 Å². The van der Waals surface area contributed by atoms with E-state index in [0.29, 0.717) is 5.17 Å². The number of carbonyl (C=O) groups is 1. The van der Waals surface area contributed by atoms with Gasteiger partial charge < -0.3 is 4.90 Å². The van der Waals surface area contributed by atoms with Crippen molar-refractivity contribution in [1.29, 1.82) is 0 Å². The molecule has 2 aliphatic rings. The molecule has 2 atom stereocenters. The van der Waals surface area contributed by atoms with Gasteiger partial charge in [0.15, 0.2) is 15.0 Å². The zero-order valence-electron chi connectivity index (χ0n) is 14.2. The van der Waals surface area contributed by atoms with Crippen molar-refractivity contribution >= 4 is 61.0 Å². The van der Waals surface area contributed by atoms with Gasteiger partial charge in [0.05, 0.1) is 17.5 Å². The summed E-state index contributed by atoms with van der Waals surface area (Å²) in [6.45, 7) is 3.99. The first-order chi connectivity index (χ1) is 11.8. The van der Waals surface area contributed by atoms with Gasteiger partial charge in [0.2, 0.25) is 0 Å². The number of nitrogens with zero attached hydrogens (tertiary/aromatic N) is 2. The molecule has 0 saturated carbocycles. The molecule has 1 aromatic rings. The molecular weight excluding hydrogens is 471 g/mol. The van der Waals surface area contributed by atoms with Gasteiger partial charge in [-0.3, -0.25) is 4.79 Å². The first-order valence-electron chi connectivity index (χ1n) is 8.39. The number of amides is 1. The summed E-state index contributed by atoms with van der Waals surface area (Å²) < 4.78 is 25.2. The lowest BCUT2D eigenvalue weighted by Gasteiger charge is -2.25. The molecule has 25 heavy (non-hydrogen) atoms. The molecule has 2 saturated heterocycles. The van der Waals surface area contributed by atoms with Crippen LogP contribution in [0.2, 0.25) is 0 Å². The number of aliphatic imine (C=N–C) groups is 1. The SMILES string of the molecule is CCC(CC)C(=O)N=C1S[C@@H]2CS(=O)(=O)C[C@H]2N1c1cccc(I)c1. The van der Waals surface area contributed by atoms with Crippen LogP contribution in [0.4, 0.5) is 5.69 Å². The number of thioether (sulfide) groups is 1. The Morgan fingerprint density at radius 3 is 2.72 bits per heavy atom. The third-order valence-corrected chi connectivity index (χ3v) is 8.57. The molecule has 8 heteroatoms. The highest BCUT2D eigenvalue weighted by Crippen LogP contribution is 2.41. The maximum atomic E-state index is 12.5. The van der Waals surface area contributed by atoms with E-state index in [9.17, 15) is 13.2 Å². The number of amidine groups is 1. The Morgan fingerprint density at radius 2 is 2.08 bits per heavy atom. The van der Waals surface area contributed by atoms with Crippen LogP contribution in [-0.2, 0) is 14.6 Å². The van der Waals surface area contributed by atoms with Gasteiger partial charge in [-0.1, -0.05) is 31.7 Å². The number of halogens is 1. The lowest BCUT2D eigenvalue weighted by molar-refractivity contribution is -0.121. The van der Waals surface area contributed by atoms with E-state index in [1.54, 1.807) is 0 Å². The first kappa shape index (κ1) is 19.2. The Morgan fingerprint density at radius 1 is 1.36 bits per heavy atom. The highest BCUT2D eigenvalue weighted by molar-refractivity contribution is 14.1. The second-order valence-corrected chi connectivity index (χ2v) is 11.0. The predicted molar refractivity (Wildman–Crippen MR) is 112 cm³/mol. The fraction of sp³-hybridized carbons (Fsp3) is 0.529. The van der Waals surface area contributed by atoms with Crippen LogP contribution in [0.1, 0.15) is 26.7 Å². The molecule has 2 aliphatic heterocycles. The topological polar surface area (TPSA) is 66.8 Å². The van der Waals surface area contributed by atoms with Crippen molar-refractivity contribution in [2.75, 3.05) is 16.4 Å². The fourth-order valence-corrected chi connectivity index (χ4v) is 7.76. The molecular formula is C17H21IN2O3S2. The Labute approximate surface area is 166 Å². The fourth-order valence-electron chi connectivity index (χ4n) is 3.32. The lowest BCUT2D eigenvalue weighted by atomic mass is 10.0. The normalized spacial score (nSPS) is 26.4. The second-order valence-electron chi connectivity index (χ2n) is 6.40. The van der Waals surface area contributed by atoms with E-state index in [1.165, 1.54) is 11.8 Å². The van der Waals surface area contributed by atoms with Gasteiger partial charge in [-0.05, 0) is 53.6 Å². The largest absolute Gasteiger partial charge is 0.316 e. The van der Waals surface area contributed by atoms with Crippen molar-refractivity contribution in [1.82, 2.24) is 0 Å². The van der Waals surface area contributed by atoms with Gasteiger partial charge in [0, 0.05) is 20.4 Å². The van der Waals surface area contributed by atoms with Gasteiger partial charge in [0.1, 0.15) is 0 Å². The van der Waals surface area contributed by atoms with E-state index in [4.69, 9.17) is 0 Å². The number of hydrogen-bond donors (Lipinski definition) is 0. The summed E-state index contributed by atoms with van der Waals surface area (Å²) in [5.74, 6) is 0.0935. The first-order valence-corrected chi connectivity index (χ1v) is 12.2. The quantitative estimate of drug-likeness (QED) is 0.604. The molecule has 1 aromatic carbocycles. The summed E-state index contributed by atoms with van der Waals surface area (Å²) in [5, 5.41) is 0.583. The molecule has 2 fully saturated rings. The summed E-state index contributed by atoms with van der Waals surface area (Å²) in [4.78, 5) is 18.9. The summed E-state index contributed by atoms with van der Waals surface area (Å²) in [5.41, 5.74) is 0.903. The predicted octanol–water partition coefficient (Wildman–Crippen LogP) is 3.33. The van der Waals surface area contributed by atoms with Gasteiger partial charge in [0.25, 0.3) is 5.91 Å². The number of benzene rings is 1. The molecule has 0 bridgehead atoms. The van der Waals surface area contributed by atoms with Crippen LogP contribution >= 0.6 is 34.4 Å². The van der Waals surface area contributed by atoms with Crippen LogP contribution in [-0.4, -0.2) is 42.3 Å². The average Bonchev–Trinajstić information content (AvgIpc) is 2.99. The van der Waals surface area contributed by atoms with Crippen LogP contribution in [0.15, 0.2) is 29.3 Å². The van der Waals surface area contributed by atoms with Crippen molar-refractivity contribution < 1.29 is 13.2 Å². The molecule has 2 heterocycles. The Bertz CT molecular complexity index is 806. The molecule has 0 aromatic heterocycles. The van der Waals surface area contributed by atoms with Gasteiger partial charge >= 0.3 is 0 Å². The van der Waals surface area contributed by atoms with Crippen molar-refractivity contribution in [3.63, 3.8) is 0 Å². The summed E-state index contributed by atoms with van der Waals surface area (Å²) >= 11 is 3.67. The minimum atomic E-state index is -3.04. The smallest absolute Gasteiger partial charge is 0.251 e. The third kappa shape index (κ3) is 4.05. The van der Waals surface area contributed by atoms with Crippen LogP contribution < -0.4 is 4.90 Å². The number of rotatable bonds is 4. The standard InChI is InChI=1S/C17H21IN2O3S2/c1-3-11(4-2)16(21)19-17-20(13-7-5-6-12(18)8-13)14-9-25(22,23)10-15(14)24-17/h5-8,11,14-15H,3-4,9-10H2,1-2H3/t14-,15-/m1/s1. The number of carbonyl (C=O) groups excluding carboxylic acids is 1. The summed E-state index contributed by atoms with van der Waals surface area (Å²) in [6, 6.07) is 7.74. The van der Waals surface area contributed by atoms with E-state index in [1.807, 2.05) is 43.0 Å². The van der Waals surface area contributed by atoms with E-state index < -0.39 is 9.84 Å². The molecule has 0 N–H and O–H groups in total. The second kappa shape index (κ2) is 7.56. The molecule has 0 aliphatic carbocycles. The molecule has 0 radical (unpaired) electrons. The van der Waals surface area contributed by atoms with Crippen molar-refractivity contribution in [2.24, 2.45) is 10.9 Å². The Balaban J connectivity index is 1.99. The monoisotopic (exact) mass is 492 g/mol. The average molecular weight is 492 g/mol. The van der Waals surface area contributed by atoms with Crippen molar-refractivity contribution in [3.05, 3.63) is 27.8 Å². The molecule has 0 spiro atoms. The summed E-state index contributed by atoms with van der Waals surface area (Å²) in [7, 11) is -3.04. The van der Waals surface area contributed by atoms with Crippen LogP contribution in [0, 0.1) is 9.49 Å². The number of hydrogen-bond acceptors (Lipinski definition) is 4. The van der Waals surface area contributed by atoms with E-state index in [0.717, 1.165) is 22.1 Å². The maximum absolute atomic E-state index is 12.5. The van der Waals surface area contributed by atoms with E-state index in [-0.39, 0.29) is 34.6 Å². The molecule has 0 unspecified atom stereocenters. The number of fused-ring (bicyclic) bond motifs is 1. The minimum absolute atomic E-state index is 0.0591. The number of sulfone groups is 1. The van der Waals surface area contributed by atoms with E-state index in [2.05, 4.69) is 27.6 Å². The van der Waals surface area contributed by atoms with Crippen LogP contribution in [0.3, 0.4) is 0 Å². The van der Waals surface area contributed by atoms with Gasteiger partial charge in [-0.2, -0.15) is 4.99 Å². The van der Waals surface area contributed by atoms with Crippen LogP contribution in [0.25, 0.3) is 0 Å². The third-order valence-electron chi connectivity index (χ3n) is 4.69. The molecule has 5 nitrogen and oxygen atoms in total. The van der Waals surface area contributed by atoms with Crippen molar-refractivity contribution in [3.8, 4) is 0 Å². The molecule has 136 valence electrons. The molecule has 3 rings (SSSR count). The zero-order valence-corrected chi connectivity index (χ0v) is 18.0. The lowest BCUT2D eigenvalue weighted by Crippen LogP contribution is -2.38. The highest BCUT2D eigenvalue weighted by Gasteiger charge is 2.49. The van der Waals surface area contributed by atoms with Crippen LogP contribution in [0.5, 0.6) is 0 Å². The number of anilines is 1. The van der Waals surface area contributed by atoms with Gasteiger partial charge in [-0.25, -0.2) is 8.42 Å². The molecule has 1 amide bonds. The zero-order chi connectivity index (χ0) is 18.2. The van der Waals surface area contributed by atoms with Gasteiger partial charge in [-0.15, -0.1) is 0 Å².